The van der Waals surface area contributed by atoms with E-state index >= 15 is 0 Å². The third-order valence-electron chi connectivity index (χ3n) is 4.64. The Labute approximate surface area is 191 Å². The minimum atomic E-state index is -0.447. The van der Waals surface area contributed by atoms with Crippen LogP contribution < -0.4 is 10.6 Å². The van der Waals surface area contributed by atoms with Gasteiger partial charge in [-0.1, -0.05) is 28.9 Å². The molecule has 32 heavy (non-hydrogen) atoms. The second-order valence-corrected chi connectivity index (χ2v) is 8.00. The highest BCUT2D eigenvalue weighted by Crippen LogP contribution is 2.12. The van der Waals surface area contributed by atoms with E-state index in [-0.39, 0.29) is 24.6 Å². The molecule has 7 heteroatoms. The van der Waals surface area contributed by atoms with Gasteiger partial charge in [0.25, 0.3) is 0 Å². The van der Waals surface area contributed by atoms with Crippen LogP contribution in [0.1, 0.15) is 53.4 Å². The minimum absolute atomic E-state index is 0.0406. The van der Waals surface area contributed by atoms with Gasteiger partial charge < -0.3 is 20.5 Å². The van der Waals surface area contributed by atoms with Crippen molar-refractivity contribution in [2.24, 2.45) is 0 Å². The molecule has 3 N–H and O–H groups in total. The lowest BCUT2D eigenvalue weighted by Gasteiger charge is -2.14. The Bertz CT molecular complexity index is 827. The summed E-state index contributed by atoms with van der Waals surface area (Å²) in [6.07, 6.45) is 11.8. The van der Waals surface area contributed by atoms with Gasteiger partial charge in [0.15, 0.2) is 0 Å². The van der Waals surface area contributed by atoms with Gasteiger partial charge in [0.2, 0.25) is 17.5 Å². The number of ether oxygens (including phenoxy) is 1. The lowest BCUT2D eigenvalue weighted by Crippen LogP contribution is -2.32. The van der Waals surface area contributed by atoms with Crippen molar-refractivity contribution in [2.45, 2.75) is 53.4 Å². The normalized spacial score (nSPS) is 14.7. The second-order valence-electron chi connectivity index (χ2n) is 8.00. The number of rotatable bonds is 14. The first-order chi connectivity index (χ1) is 15.2. The van der Waals surface area contributed by atoms with Crippen molar-refractivity contribution in [1.82, 2.24) is 10.6 Å². The Morgan fingerprint density at radius 3 is 2.25 bits per heavy atom. The van der Waals surface area contributed by atoms with E-state index in [4.69, 9.17) is 9.84 Å². The van der Waals surface area contributed by atoms with Crippen LogP contribution in [0.3, 0.4) is 0 Å². The molecule has 0 radical (unpaired) electrons. The quantitative estimate of drug-likeness (QED) is 0.165. The van der Waals surface area contributed by atoms with E-state index in [2.05, 4.69) is 43.6 Å². The fraction of sp³-hybridized carbons (Fsp3) is 0.480. The predicted octanol–water partition coefficient (Wildman–Crippen LogP) is 3.04. The zero-order chi connectivity index (χ0) is 23.9. The molecule has 0 spiro atoms. The number of aliphatic hydroxyl groups excluding tert-OH is 1. The van der Waals surface area contributed by atoms with E-state index in [9.17, 15) is 14.4 Å². The number of carbonyl (C=O) groups is 3. The van der Waals surface area contributed by atoms with Crippen LogP contribution in [0.5, 0.6) is 0 Å². The Hall–Kier alpha value is -2.77. The van der Waals surface area contributed by atoms with Crippen molar-refractivity contribution in [3.8, 4) is 0 Å². The van der Waals surface area contributed by atoms with Crippen molar-refractivity contribution in [1.29, 1.82) is 0 Å². The maximum absolute atomic E-state index is 12.2. The largest absolute Gasteiger partial charge is 0.394 e. The number of amides is 1. The predicted molar refractivity (Wildman–Crippen MR) is 126 cm³/mol. The first kappa shape index (κ1) is 27.3. The van der Waals surface area contributed by atoms with Gasteiger partial charge in [-0.3, -0.25) is 14.4 Å². The van der Waals surface area contributed by atoms with Crippen molar-refractivity contribution in [2.75, 3.05) is 26.4 Å². The van der Waals surface area contributed by atoms with Gasteiger partial charge in [0.05, 0.1) is 31.2 Å². The van der Waals surface area contributed by atoms with Crippen LogP contribution in [0.15, 0.2) is 58.5 Å². The third kappa shape index (κ3) is 11.6. The molecule has 1 amide bonds. The van der Waals surface area contributed by atoms with Crippen LogP contribution in [0.2, 0.25) is 0 Å². The first-order valence-electron chi connectivity index (χ1n) is 10.9. The number of ketones is 2. The smallest absolute Gasteiger partial charge is 0.248 e. The van der Waals surface area contributed by atoms with E-state index < -0.39 is 17.5 Å². The summed E-state index contributed by atoms with van der Waals surface area (Å²) in [5, 5.41) is 14.0. The van der Waals surface area contributed by atoms with Gasteiger partial charge >= 0.3 is 0 Å². The first-order valence-corrected chi connectivity index (χ1v) is 10.9. The molecular weight excluding hydrogens is 408 g/mol. The number of allylic oxidation sites excluding steroid dienone is 7. The molecule has 0 unspecified atom stereocenters. The van der Waals surface area contributed by atoms with Gasteiger partial charge in [-0.15, -0.1) is 0 Å². The number of nitrogens with one attached hydrogen (secondary N) is 2. The molecule has 0 heterocycles. The Balaban J connectivity index is 2.48. The molecule has 1 aliphatic rings. The van der Waals surface area contributed by atoms with Gasteiger partial charge in [-0.25, -0.2) is 0 Å². The standard InChI is InChI=1S/C25H36N2O5/c1-18(2)7-5-8-19(3)9-6-10-20(4)15-25(31)27-22-17-23(29)21(16-24(22)30)26-11-13-32-14-12-28/h7,9,15-17,26,28H,5-6,8,10-14H2,1-4H3,(H,27,31). The van der Waals surface area contributed by atoms with E-state index in [0.29, 0.717) is 13.2 Å². The summed E-state index contributed by atoms with van der Waals surface area (Å²) in [5.74, 6) is -1.27. The van der Waals surface area contributed by atoms with Crippen molar-refractivity contribution >= 4 is 17.5 Å². The fourth-order valence-corrected chi connectivity index (χ4v) is 2.92. The van der Waals surface area contributed by atoms with Gasteiger partial charge in [-0.05, 0) is 53.4 Å². The molecule has 1 aliphatic carbocycles. The number of aliphatic hydroxyl groups is 1. The summed E-state index contributed by atoms with van der Waals surface area (Å²) in [4.78, 5) is 36.7. The molecule has 0 fully saturated rings. The lowest BCUT2D eigenvalue weighted by atomic mass is 10.1. The van der Waals surface area contributed by atoms with E-state index in [0.717, 1.165) is 37.3 Å². The average Bonchev–Trinajstić information content (AvgIpc) is 2.70. The lowest BCUT2D eigenvalue weighted by molar-refractivity contribution is -0.119. The average molecular weight is 445 g/mol. The van der Waals surface area contributed by atoms with Gasteiger partial charge in [0, 0.05) is 24.8 Å². The number of hydrogen-bond donors (Lipinski definition) is 3. The Kier molecular flexibility index (Phi) is 12.9. The van der Waals surface area contributed by atoms with E-state index in [1.54, 1.807) is 0 Å². The SMILES string of the molecule is CC(C)=CCCC(C)=CCCC(C)=CC(=O)NC1=CC(=O)C(NCCOCCO)=CC1=O. The minimum Gasteiger partial charge on any atom is -0.394 e. The molecule has 176 valence electrons. The summed E-state index contributed by atoms with van der Waals surface area (Å²) in [6.45, 7) is 8.92. The van der Waals surface area contributed by atoms with Crippen LogP contribution >= 0.6 is 0 Å². The summed E-state index contributed by atoms with van der Waals surface area (Å²) >= 11 is 0. The van der Waals surface area contributed by atoms with Crippen LogP contribution in [0.25, 0.3) is 0 Å². The molecular formula is C25H36N2O5. The maximum atomic E-state index is 12.2. The molecule has 0 aromatic heterocycles. The number of carbonyl (C=O) groups excluding carboxylic acids is 3. The number of hydrogen-bond acceptors (Lipinski definition) is 6. The topological polar surface area (TPSA) is 105 Å². The molecule has 0 saturated heterocycles. The van der Waals surface area contributed by atoms with Crippen molar-refractivity contribution in [3.63, 3.8) is 0 Å². The molecule has 0 aromatic carbocycles. The summed E-state index contributed by atoms with van der Waals surface area (Å²) in [6, 6.07) is 0. The monoisotopic (exact) mass is 444 g/mol. The highest BCUT2D eigenvalue weighted by Gasteiger charge is 2.21. The van der Waals surface area contributed by atoms with E-state index in [1.165, 1.54) is 23.3 Å². The van der Waals surface area contributed by atoms with Crippen LogP contribution in [0, 0.1) is 0 Å². The summed E-state index contributed by atoms with van der Waals surface area (Å²) in [7, 11) is 0. The van der Waals surface area contributed by atoms with Gasteiger partial charge in [-0.2, -0.15) is 0 Å². The Morgan fingerprint density at radius 2 is 1.56 bits per heavy atom. The molecule has 0 saturated carbocycles. The zero-order valence-electron chi connectivity index (χ0n) is 19.6. The van der Waals surface area contributed by atoms with Gasteiger partial charge in [0.1, 0.15) is 0 Å². The van der Waals surface area contributed by atoms with Crippen LogP contribution in [0.4, 0.5) is 0 Å². The molecule has 0 atom stereocenters. The van der Waals surface area contributed by atoms with Crippen molar-refractivity contribution in [3.05, 3.63) is 58.5 Å². The van der Waals surface area contributed by atoms with Crippen molar-refractivity contribution < 1.29 is 24.2 Å². The highest BCUT2D eigenvalue weighted by molar-refractivity contribution is 6.20. The zero-order valence-corrected chi connectivity index (χ0v) is 19.6. The van der Waals surface area contributed by atoms with Crippen LogP contribution in [-0.2, 0) is 19.1 Å². The second kappa shape index (κ2) is 15.1. The molecule has 1 rings (SSSR count). The van der Waals surface area contributed by atoms with Crippen LogP contribution in [-0.4, -0.2) is 48.9 Å². The van der Waals surface area contributed by atoms with E-state index in [1.807, 2.05) is 6.92 Å². The molecule has 0 bridgehead atoms. The highest BCUT2D eigenvalue weighted by atomic mass is 16.5. The Morgan fingerprint density at radius 1 is 0.938 bits per heavy atom. The molecule has 7 nitrogen and oxygen atoms in total. The third-order valence-corrected chi connectivity index (χ3v) is 4.64. The summed E-state index contributed by atoms with van der Waals surface area (Å²) < 4.78 is 5.09. The molecule has 0 aliphatic heterocycles. The molecule has 0 aromatic rings. The maximum Gasteiger partial charge on any atom is 0.248 e. The summed E-state index contributed by atoms with van der Waals surface area (Å²) in [5.41, 5.74) is 3.65. The fourth-order valence-electron chi connectivity index (χ4n) is 2.92.